The lowest BCUT2D eigenvalue weighted by Crippen LogP contribution is -2.29. The minimum Gasteiger partial charge on any atom is -0.354 e. The summed E-state index contributed by atoms with van der Waals surface area (Å²) in [6, 6.07) is 10.6. The third kappa shape index (κ3) is 3.86. The first-order valence-corrected chi connectivity index (χ1v) is 11.5. The van der Waals surface area contributed by atoms with E-state index in [-0.39, 0.29) is 5.91 Å². The van der Waals surface area contributed by atoms with Crippen molar-refractivity contribution in [3.8, 4) is 11.3 Å². The maximum atomic E-state index is 12.6. The lowest BCUT2D eigenvalue weighted by atomic mass is 9.97. The Morgan fingerprint density at radius 1 is 1.10 bits per heavy atom. The van der Waals surface area contributed by atoms with Crippen LogP contribution in [0.5, 0.6) is 0 Å². The van der Waals surface area contributed by atoms with Crippen molar-refractivity contribution in [3.63, 3.8) is 0 Å². The van der Waals surface area contributed by atoms with Gasteiger partial charge < -0.3 is 15.2 Å². The first-order chi connectivity index (χ1) is 15.0. The summed E-state index contributed by atoms with van der Waals surface area (Å²) in [5.41, 5.74) is 7.22. The van der Waals surface area contributed by atoms with E-state index in [1.54, 1.807) is 0 Å². The molecule has 0 bridgehead atoms. The van der Waals surface area contributed by atoms with Gasteiger partial charge in [-0.25, -0.2) is 0 Å². The predicted octanol–water partition coefficient (Wildman–Crippen LogP) is 4.78. The van der Waals surface area contributed by atoms with Gasteiger partial charge in [-0.2, -0.15) is 0 Å². The number of nitrogens with zero attached hydrogens (tertiary/aromatic N) is 2. The Kier molecular flexibility index (Phi) is 5.51. The smallest absolute Gasteiger partial charge is 0.252 e. The van der Waals surface area contributed by atoms with Crippen molar-refractivity contribution < 1.29 is 4.79 Å². The molecule has 0 aliphatic carbocycles. The van der Waals surface area contributed by atoms with E-state index in [4.69, 9.17) is 11.6 Å². The van der Waals surface area contributed by atoms with Crippen LogP contribution in [0.25, 0.3) is 22.2 Å². The number of aromatic nitrogens is 1. The second-order valence-corrected chi connectivity index (χ2v) is 9.47. The second-order valence-electron chi connectivity index (χ2n) is 9.06. The fourth-order valence-corrected chi connectivity index (χ4v) is 5.22. The Balaban J connectivity index is 1.62. The summed E-state index contributed by atoms with van der Waals surface area (Å²) in [4.78, 5) is 21.0. The Bertz CT molecular complexity index is 1140. The molecule has 0 radical (unpaired) electrons. The number of carbonyl (C=O) groups is 1. The number of amides is 1. The van der Waals surface area contributed by atoms with Gasteiger partial charge in [0.15, 0.2) is 0 Å². The van der Waals surface area contributed by atoms with Gasteiger partial charge in [0.2, 0.25) is 0 Å². The number of hydrogen-bond donors (Lipinski definition) is 2. The lowest BCUT2D eigenvalue weighted by Gasteiger charge is -2.26. The predicted molar refractivity (Wildman–Crippen MR) is 126 cm³/mol. The molecular weight excluding hydrogens is 408 g/mol. The molecule has 1 amide bonds. The van der Waals surface area contributed by atoms with Crippen molar-refractivity contribution in [2.75, 3.05) is 27.2 Å². The fraction of sp³-hybridized carbons (Fsp3) is 0.400. The Labute approximate surface area is 188 Å². The Morgan fingerprint density at radius 2 is 1.90 bits per heavy atom. The van der Waals surface area contributed by atoms with Crippen LogP contribution >= 0.6 is 11.6 Å². The maximum absolute atomic E-state index is 12.6. The first-order valence-electron chi connectivity index (χ1n) is 11.1. The summed E-state index contributed by atoms with van der Waals surface area (Å²) in [5, 5.41) is 4.81. The molecule has 31 heavy (non-hydrogen) atoms. The van der Waals surface area contributed by atoms with Crippen molar-refractivity contribution in [2.24, 2.45) is 0 Å². The van der Waals surface area contributed by atoms with E-state index in [0.717, 1.165) is 35.4 Å². The average molecular weight is 437 g/mol. The summed E-state index contributed by atoms with van der Waals surface area (Å²) in [6.45, 7) is 4.65. The molecular formula is C25H29ClN4O. The molecule has 1 fully saturated rings. The van der Waals surface area contributed by atoms with Gasteiger partial charge in [0.1, 0.15) is 0 Å². The molecule has 2 aliphatic heterocycles. The third-order valence-electron chi connectivity index (χ3n) is 6.48. The summed E-state index contributed by atoms with van der Waals surface area (Å²) in [5.74, 6) is -0.0484. The lowest BCUT2D eigenvalue weighted by molar-refractivity contribution is 0.0966. The number of likely N-dealkylation sites (tertiary alicyclic amines) is 1. The highest BCUT2D eigenvalue weighted by Gasteiger charge is 2.28. The highest BCUT2D eigenvalue weighted by molar-refractivity contribution is 6.32. The van der Waals surface area contributed by atoms with E-state index in [1.807, 2.05) is 12.1 Å². The number of nitrogens with one attached hydrogen (secondary N) is 2. The zero-order chi connectivity index (χ0) is 21.5. The molecule has 1 saturated heterocycles. The summed E-state index contributed by atoms with van der Waals surface area (Å²) in [7, 11) is 4.17. The number of piperidine rings is 1. The minimum absolute atomic E-state index is 0.0484. The zero-order valence-corrected chi connectivity index (χ0v) is 19.0. The van der Waals surface area contributed by atoms with Crippen LogP contribution in [-0.4, -0.2) is 47.9 Å². The van der Waals surface area contributed by atoms with Gasteiger partial charge in [-0.1, -0.05) is 30.2 Å². The zero-order valence-electron chi connectivity index (χ0n) is 18.2. The quantitative estimate of drug-likeness (QED) is 0.605. The number of fused-ring (bicyclic) bond motifs is 2. The first kappa shape index (κ1) is 20.6. The summed E-state index contributed by atoms with van der Waals surface area (Å²) >= 11 is 6.40. The molecule has 0 atom stereocenters. The summed E-state index contributed by atoms with van der Waals surface area (Å²) < 4.78 is 0. The number of carbonyl (C=O) groups excluding carboxylic acids is 1. The van der Waals surface area contributed by atoms with Crippen molar-refractivity contribution >= 4 is 28.4 Å². The molecule has 5 nitrogen and oxygen atoms in total. The van der Waals surface area contributed by atoms with Crippen LogP contribution in [0.15, 0.2) is 30.3 Å². The number of halogens is 1. The number of rotatable bonds is 5. The summed E-state index contributed by atoms with van der Waals surface area (Å²) in [6.07, 6.45) is 3.95. The van der Waals surface area contributed by atoms with Crippen LogP contribution in [0.1, 0.15) is 46.3 Å². The number of aromatic amines is 1. The normalized spacial score (nSPS) is 16.8. The molecule has 2 aromatic carbocycles. The minimum atomic E-state index is -0.0484. The molecule has 6 heteroatoms. The van der Waals surface area contributed by atoms with Gasteiger partial charge in [-0.15, -0.1) is 0 Å². The highest BCUT2D eigenvalue weighted by atomic mass is 35.5. The molecule has 0 spiro atoms. The molecule has 0 unspecified atom stereocenters. The number of H-pyrrole nitrogens is 1. The van der Waals surface area contributed by atoms with E-state index in [0.29, 0.717) is 17.1 Å². The van der Waals surface area contributed by atoms with Gasteiger partial charge in [0.05, 0.1) is 11.3 Å². The molecule has 162 valence electrons. The van der Waals surface area contributed by atoms with Crippen molar-refractivity contribution in [3.05, 3.63) is 57.6 Å². The van der Waals surface area contributed by atoms with Crippen molar-refractivity contribution in [1.29, 1.82) is 0 Å². The van der Waals surface area contributed by atoms with Crippen LogP contribution < -0.4 is 5.32 Å². The molecule has 1 aromatic heterocycles. The third-order valence-corrected chi connectivity index (χ3v) is 6.83. The fourth-order valence-electron chi connectivity index (χ4n) is 5.00. The maximum Gasteiger partial charge on any atom is 0.252 e. The van der Waals surface area contributed by atoms with E-state index >= 15 is 0 Å². The highest BCUT2D eigenvalue weighted by Crippen LogP contribution is 2.38. The van der Waals surface area contributed by atoms with E-state index in [2.05, 4.69) is 52.4 Å². The Morgan fingerprint density at radius 3 is 2.68 bits per heavy atom. The largest absolute Gasteiger partial charge is 0.354 e. The van der Waals surface area contributed by atoms with Crippen molar-refractivity contribution in [2.45, 2.75) is 38.9 Å². The average Bonchev–Trinajstić information content (AvgIpc) is 3.31. The van der Waals surface area contributed by atoms with Gasteiger partial charge in [0, 0.05) is 46.7 Å². The molecule has 3 aromatic rings. The SMILES string of the molecule is CN(C)Cc1c(-c2ccc(Cl)c3c2C(=O)NC3)[nH]c2ccc(CN3CCCCC3)cc12. The van der Waals surface area contributed by atoms with E-state index in [9.17, 15) is 4.79 Å². The topological polar surface area (TPSA) is 51.4 Å². The van der Waals surface area contributed by atoms with Gasteiger partial charge in [-0.05, 0) is 69.4 Å². The van der Waals surface area contributed by atoms with Crippen LogP contribution in [0.2, 0.25) is 5.02 Å². The number of benzene rings is 2. The van der Waals surface area contributed by atoms with Crippen LogP contribution in [0, 0.1) is 0 Å². The van der Waals surface area contributed by atoms with Crippen LogP contribution in [-0.2, 0) is 19.6 Å². The second kappa shape index (κ2) is 8.30. The molecule has 2 aliphatic rings. The molecule has 2 N–H and O–H groups in total. The number of hydrogen-bond acceptors (Lipinski definition) is 3. The monoisotopic (exact) mass is 436 g/mol. The van der Waals surface area contributed by atoms with Crippen LogP contribution in [0.4, 0.5) is 0 Å². The van der Waals surface area contributed by atoms with Crippen molar-refractivity contribution in [1.82, 2.24) is 20.1 Å². The molecule has 5 rings (SSSR count). The van der Waals surface area contributed by atoms with Gasteiger partial charge in [-0.3, -0.25) is 9.69 Å². The van der Waals surface area contributed by atoms with Gasteiger partial charge in [0.25, 0.3) is 5.91 Å². The molecule has 0 saturated carbocycles. The van der Waals surface area contributed by atoms with E-state index < -0.39 is 0 Å². The van der Waals surface area contributed by atoms with E-state index in [1.165, 1.54) is 48.9 Å². The molecule has 3 heterocycles. The Hall–Kier alpha value is -2.34. The van der Waals surface area contributed by atoms with Gasteiger partial charge >= 0.3 is 0 Å². The van der Waals surface area contributed by atoms with Crippen LogP contribution in [0.3, 0.4) is 0 Å². The standard InChI is InChI=1S/C25H29ClN4O/c1-29(2)15-20-18-12-16(14-30-10-4-3-5-11-30)6-9-22(18)28-24(20)17-7-8-21(26)19-13-27-25(31)23(17)19/h6-9,12,28H,3-5,10-11,13-15H2,1-2H3,(H,27,31).